The molecule has 0 amide bonds. The minimum Gasteiger partial charge on any atom is -0.386 e. The lowest BCUT2D eigenvalue weighted by Gasteiger charge is -2.13. The summed E-state index contributed by atoms with van der Waals surface area (Å²) < 4.78 is 19.2. The Bertz CT molecular complexity index is 527. The fourth-order valence-electron chi connectivity index (χ4n) is 2.28. The molecular weight excluding hydrogens is 436 g/mol. The SMILES string of the molecule is CCNC(=NCC(O)c1ccccc1F)NCCCOCC1CC1.I. The Balaban J connectivity index is 0.00000312. The number of aliphatic imine (C=N–C) groups is 1. The molecule has 1 aliphatic rings. The molecule has 5 nitrogen and oxygen atoms in total. The molecule has 1 saturated carbocycles. The molecule has 7 heteroatoms. The molecule has 0 aliphatic heterocycles. The Hall–Kier alpha value is -0.930. The molecule has 0 saturated heterocycles. The van der Waals surface area contributed by atoms with Gasteiger partial charge in [0.2, 0.25) is 0 Å². The number of rotatable bonds is 10. The minimum atomic E-state index is -0.955. The number of halogens is 2. The molecule has 0 spiro atoms. The number of benzene rings is 1. The average Bonchev–Trinajstić information content (AvgIpc) is 3.40. The third kappa shape index (κ3) is 8.82. The summed E-state index contributed by atoms with van der Waals surface area (Å²) in [6.45, 7) is 5.16. The van der Waals surface area contributed by atoms with Gasteiger partial charge in [-0.3, -0.25) is 4.99 Å². The van der Waals surface area contributed by atoms with E-state index < -0.39 is 11.9 Å². The zero-order valence-electron chi connectivity index (χ0n) is 14.7. The Kier molecular flexibility index (Phi) is 11.0. The molecule has 1 atom stereocenters. The lowest BCUT2D eigenvalue weighted by molar-refractivity contribution is 0.123. The number of aliphatic hydroxyl groups excluding tert-OH is 1. The molecule has 2 rings (SSSR count). The van der Waals surface area contributed by atoms with Crippen LogP contribution in [0.2, 0.25) is 0 Å². The second-order valence-electron chi connectivity index (χ2n) is 6.06. The van der Waals surface area contributed by atoms with Crippen LogP contribution < -0.4 is 10.6 Å². The number of guanidine groups is 1. The Morgan fingerprint density at radius 3 is 2.80 bits per heavy atom. The van der Waals surface area contributed by atoms with E-state index in [4.69, 9.17) is 4.74 Å². The molecule has 1 unspecified atom stereocenters. The fraction of sp³-hybridized carbons (Fsp3) is 0.611. The Labute approximate surface area is 166 Å². The van der Waals surface area contributed by atoms with E-state index in [2.05, 4.69) is 15.6 Å². The predicted molar refractivity (Wildman–Crippen MR) is 109 cm³/mol. The summed E-state index contributed by atoms with van der Waals surface area (Å²) in [7, 11) is 0. The molecule has 0 heterocycles. The van der Waals surface area contributed by atoms with Crippen LogP contribution in [0.4, 0.5) is 4.39 Å². The monoisotopic (exact) mass is 465 g/mol. The summed E-state index contributed by atoms with van der Waals surface area (Å²) in [6.07, 6.45) is 2.55. The lowest BCUT2D eigenvalue weighted by atomic mass is 10.1. The largest absolute Gasteiger partial charge is 0.386 e. The van der Waals surface area contributed by atoms with Crippen LogP contribution in [0.1, 0.15) is 37.9 Å². The Morgan fingerprint density at radius 1 is 1.36 bits per heavy atom. The van der Waals surface area contributed by atoms with Gasteiger partial charge in [0, 0.05) is 31.9 Å². The van der Waals surface area contributed by atoms with Gasteiger partial charge in [-0.25, -0.2) is 4.39 Å². The molecule has 1 aromatic carbocycles. The molecule has 1 fully saturated rings. The smallest absolute Gasteiger partial charge is 0.191 e. The van der Waals surface area contributed by atoms with Crippen LogP contribution in [-0.4, -0.2) is 43.9 Å². The first-order valence-corrected chi connectivity index (χ1v) is 8.73. The second kappa shape index (κ2) is 12.4. The van der Waals surface area contributed by atoms with Gasteiger partial charge in [0.05, 0.1) is 6.54 Å². The number of nitrogens with one attached hydrogen (secondary N) is 2. The molecule has 3 N–H and O–H groups in total. The summed E-state index contributed by atoms with van der Waals surface area (Å²) in [4.78, 5) is 4.32. The van der Waals surface area contributed by atoms with Gasteiger partial charge in [-0.2, -0.15) is 0 Å². The van der Waals surface area contributed by atoms with E-state index in [1.807, 2.05) is 6.92 Å². The van der Waals surface area contributed by atoms with Crippen LogP contribution in [0.25, 0.3) is 0 Å². The first kappa shape index (κ1) is 22.1. The minimum absolute atomic E-state index is 0. The van der Waals surface area contributed by atoms with Crippen molar-refractivity contribution in [3.8, 4) is 0 Å². The quantitative estimate of drug-likeness (QED) is 0.215. The van der Waals surface area contributed by atoms with Crippen molar-refractivity contribution in [2.45, 2.75) is 32.3 Å². The molecule has 1 aliphatic carbocycles. The maximum Gasteiger partial charge on any atom is 0.191 e. The van der Waals surface area contributed by atoms with Crippen molar-refractivity contribution in [1.29, 1.82) is 0 Å². The number of hydrogen-bond donors (Lipinski definition) is 3. The standard InChI is InChI=1S/C18H28FN3O2.HI/c1-2-20-18(21-10-5-11-24-13-14-8-9-14)22-12-17(23)15-6-3-4-7-16(15)19;/h3-4,6-7,14,17,23H,2,5,8-13H2,1H3,(H2,20,21,22);1H. The highest BCUT2D eigenvalue weighted by atomic mass is 127. The van der Waals surface area contributed by atoms with E-state index >= 15 is 0 Å². The zero-order chi connectivity index (χ0) is 17.2. The van der Waals surface area contributed by atoms with Gasteiger partial charge < -0.3 is 20.5 Å². The summed E-state index contributed by atoms with van der Waals surface area (Å²) in [5, 5.41) is 16.4. The van der Waals surface area contributed by atoms with Crippen LogP contribution in [0.5, 0.6) is 0 Å². The van der Waals surface area contributed by atoms with E-state index in [-0.39, 0.29) is 36.1 Å². The molecule has 0 bridgehead atoms. The first-order chi connectivity index (χ1) is 11.7. The summed E-state index contributed by atoms with van der Waals surface area (Å²) in [5.74, 6) is 0.998. The summed E-state index contributed by atoms with van der Waals surface area (Å²) >= 11 is 0. The molecule has 0 aromatic heterocycles. The molecule has 0 radical (unpaired) electrons. The van der Waals surface area contributed by atoms with Gasteiger partial charge in [-0.1, -0.05) is 18.2 Å². The maximum atomic E-state index is 13.6. The number of hydrogen-bond acceptors (Lipinski definition) is 3. The number of nitrogens with zero attached hydrogens (tertiary/aromatic N) is 1. The van der Waals surface area contributed by atoms with Crippen molar-refractivity contribution in [1.82, 2.24) is 10.6 Å². The van der Waals surface area contributed by atoms with Crippen LogP contribution in [-0.2, 0) is 4.74 Å². The van der Waals surface area contributed by atoms with Gasteiger partial charge in [-0.05, 0) is 38.2 Å². The third-order valence-corrected chi connectivity index (χ3v) is 3.84. The molecular formula is C18H29FIN3O2. The number of ether oxygens (including phenoxy) is 1. The van der Waals surface area contributed by atoms with Gasteiger partial charge in [0.15, 0.2) is 5.96 Å². The van der Waals surface area contributed by atoms with E-state index in [1.54, 1.807) is 18.2 Å². The van der Waals surface area contributed by atoms with Crippen molar-refractivity contribution < 1.29 is 14.2 Å². The zero-order valence-corrected chi connectivity index (χ0v) is 17.0. The Morgan fingerprint density at radius 2 is 2.12 bits per heavy atom. The van der Waals surface area contributed by atoms with E-state index in [1.165, 1.54) is 18.9 Å². The van der Waals surface area contributed by atoms with E-state index in [0.29, 0.717) is 5.96 Å². The number of aliphatic hydroxyl groups is 1. The maximum absolute atomic E-state index is 13.6. The fourth-order valence-corrected chi connectivity index (χ4v) is 2.28. The van der Waals surface area contributed by atoms with E-state index in [0.717, 1.165) is 38.6 Å². The van der Waals surface area contributed by atoms with Gasteiger partial charge in [-0.15, -0.1) is 24.0 Å². The van der Waals surface area contributed by atoms with Gasteiger partial charge >= 0.3 is 0 Å². The highest BCUT2D eigenvalue weighted by Gasteiger charge is 2.20. The van der Waals surface area contributed by atoms with Crippen molar-refractivity contribution in [2.24, 2.45) is 10.9 Å². The van der Waals surface area contributed by atoms with Crippen LogP contribution >= 0.6 is 24.0 Å². The highest BCUT2D eigenvalue weighted by molar-refractivity contribution is 14.0. The predicted octanol–water partition coefficient (Wildman–Crippen LogP) is 2.85. The first-order valence-electron chi connectivity index (χ1n) is 8.73. The molecule has 1 aromatic rings. The van der Waals surface area contributed by atoms with Crippen molar-refractivity contribution in [3.63, 3.8) is 0 Å². The van der Waals surface area contributed by atoms with E-state index in [9.17, 15) is 9.50 Å². The van der Waals surface area contributed by atoms with Gasteiger partial charge in [0.1, 0.15) is 11.9 Å². The van der Waals surface area contributed by atoms with Crippen LogP contribution in [0.15, 0.2) is 29.3 Å². The normalized spacial score (nSPS) is 15.4. The highest BCUT2D eigenvalue weighted by Crippen LogP contribution is 2.28. The van der Waals surface area contributed by atoms with Gasteiger partial charge in [0.25, 0.3) is 0 Å². The van der Waals surface area contributed by atoms with Crippen LogP contribution in [0.3, 0.4) is 0 Å². The summed E-state index contributed by atoms with van der Waals surface area (Å²) in [5.41, 5.74) is 0.269. The van der Waals surface area contributed by atoms with Crippen molar-refractivity contribution in [3.05, 3.63) is 35.6 Å². The topological polar surface area (TPSA) is 65.9 Å². The lowest BCUT2D eigenvalue weighted by Crippen LogP contribution is -2.38. The second-order valence-corrected chi connectivity index (χ2v) is 6.06. The molecule has 142 valence electrons. The molecule has 25 heavy (non-hydrogen) atoms. The van der Waals surface area contributed by atoms with Crippen molar-refractivity contribution in [2.75, 3.05) is 32.8 Å². The third-order valence-electron chi connectivity index (χ3n) is 3.84. The average molecular weight is 465 g/mol. The van der Waals surface area contributed by atoms with Crippen LogP contribution in [0, 0.1) is 11.7 Å². The summed E-state index contributed by atoms with van der Waals surface area (Å²) in [6, 6.07) is 6.22. The van der Waals surface area contributed by atoms with Crippen molar-refractivity contribution >= 4 is 29.9 Å².